The largest absolute Gasteiger partial charge is 0.493 e. The average Bonchev–Trinajstić information content (AvgIpc) is 2.47. The van der Waals surface area contributed by atoms with Crippen molar-refractivity contribution >= 4 is 27.5 Å². The van der Waals surface area contributed by atoms with Crippen LogP contribution in [0, 0.1) is 0 Å². The van der Waals surface area contributed by atoms with Crippen LogP contribution in [0.25, 0.3) is 0 Å². The van der Waals surface area contributed by atoms with Crippen LogP contribution in [0.3, 0.4) is 0 Å². The summed E-state index contributed by atoms with van der Waals surface area (Å²) in [7, 11) is 1.63. The van der Waals surface area contributed by atoms with Crippen molar-refractivity contribution < 1.29 is 9.47 Å². The maximum absolute atomic E-state index is 6.18. The lowest BCUT2D eigenvalue weighted by Gasteiger charge is -2.13. The van der Waals surface area contributed by atoms with Crippen molar-refractivity contribution in [1.82, 2.24) is 0 Å². The highest BCUT2D eigenvalue weighted by Gasteiger charge is 2.08. The molecule has 5 heteroatoms. The Kier molecular flexibility index (Phi) is 5.91. The smallest absolute Gasteiger partial charge is 0.161 e. The Bertz CT molecular complexity index is 619. The Morgan fingerprint density at radius 2 is 1.95 bits per heavy atom. The van der Waals surface area contributed by atoms with E-state index in [1.807, 2.05) is 36.4 Å². The quantitative estimate of drug-likeness (QED) is 0.829. The molecular formula is C16H17BrClNO2. The van der Waals surface area contributed by atoms with Gasteiger partial charge < -0.3 is 15.2 Å². The molecule has 2 rings (SSSR count). The Balaban J connectivity index is 2.12. The first-order valence-corrected chi connectivity index (χ1v) is 7.75. The summed E-state index contributed by atoms with van der Waals surface area (Å²) < 4.78 is 12.1. The van der Waals surface area contributed by atoms with Gasteiger partial charge in [-0.1, -0.05) is 39.7 Å². The lowest BCUT2D eigenvalue weighted by molar-refractivity contribution is 0.284. The molecule has 0 amide bonds. The molecule has 0 fully saturated rings. The average molecular weight is 371 g/mol. The van der Waals surface area contributed by atoms with Crippen molar-refractivity contribution in [1.29, 1.82) is 0 Å². The molecular weight excluding hydrogens is 354 g/mol. The fraction of sp³-hybridized carbons (Fsp3) is 0.250. The van der Waals surface area contributed by atoms with E-state index >= 15 is 0 Å². The van der Waals surface area contributed by atoms with Crippen LogP contribution in [0.5, 0.6) is 11.5 Å². The van der Waals surface area contributed by atoms with Crippen molar-refractivity contribution in [2.24, 2.45) is 5.73 Å². The normalized spacial score (nSPS) is 10.5. The number of hydrogen-bond donors (Lipinski definition) is 1. The van der Waals surface area contributed by atoms with Crippen molar-refractivity contribution in [2.75, 3.05) is 13.7 Å². The number of halogens is 2. The van der Waals surface area contributed by atoms with Crippen LogP contribution in [-0.2, 0) is 13.0 Å². The van der Waals surface area contributed by atoms with Crippen molar-refractivity contribution in [3.8, 4) is 11.5 Å². The molecule has 3 nitrogen and oxygen atoms in total. The monoisotopic (exact) mass is 369 g/mol. The molecule has 0 aromatic heterocycles. The van der Waals surface area contributed by atoms with Crippen molar-refractivity contribution in [3.63, 3.8) is 0 Å². The molecule has 2 aromatic carbocycles. The van der Waals surface area contributed by atoms with Gasteiger partial charge in [0.1, 0.15) is 6.61 Å². The van der Waals surface area contributed by atoms with Crippen molar-refractivity contribution in [2.45, 2.75) is 13.0 Å². The number of benzene rings is 2. The van der Waals surface area contributed by atoms with Crippen LogP contribution >= 0.6 is 27.5 Å². The standard InChI is InChI=1S/C16H17BrClNO2/c1-20-16-8-11(6-7-19)2-5-15(16)21-10-12-3-4-13(17)9-14(12)18/h2-5,8-9H,6-7,10,19H2,1H3. The van der Waals surface area contributed by atoms with Gasteiger partial charge in [-0.25, -0.2) is 0 Å². The second-order valence-electron chi connectivity index (χ2n) is 4.55. The first kappa shape index (κ1) is 16.1. The molecule has 112 valence electrons. The molecule has 0 saturated carbocycles. The number of ether oxygens (including phenoxy) is 2. The molecule has 21 heavy (non-hydrogen) atoms. The summed E-state index contributed by atoms with van der Waals surface area (Å²) in [6.07, 6.45) is 0.815. The summed E-state index contributed by atoms with van der Waals surface area (Å²) in [6.45, 7) is 0.997. The maximum Gasteiger partial charge on any atom is 0.161 e. The SMILES string of the molecule is COc1cc(CCN)ccc1OCc1ccc(Br)cc1Cl. The van der Waals surface area contributed by atoms with E-state index in [0.29, 0.717) is 29.7 Å². The minimum Gasteiger partial charge on any atom is -0.493 e. The Labute approximate surface area is 138 Å². The molecule has 0 radical (unpaired) electrons. The van der Waals surface area contributed by atoms with Gasteiger partial charge in [0, 0.05) is 15.1 Å². The van der Waals surface area contributed by atoms with Crippen LogP contribution in [0.15, 0.2) is 40.9 Å². The van der Waals surface area contributed by atoms with Gasteiger partial charge in [-0.05, 0) is 42.8 Å². The topological polar surface area (TPSA) is 44.5 Å². The molecule has 0 saturated heterocycles. The lowest BCUT2D eigenvalue weighted by Crippen LogP contribution is -2.03. The summed E-state index contributed by atoms with van der Waals surface area (Å²) in [6, 6.07) is 11.6. The van der Waals surface area contributed by atoms with Gasteiger partial charge in [0.2, 0.25) is 0 Å². The summed E-state index contributed by atoms with van der Waals surface area (Å²) in [5, 5.41) is 0.670. The lowest BCUT2D eigenvalue weighted by atomic mass is 10.1. The van der Waals surface area contributed by atoms with E-state index in [0.717, 1.165) is 22.0 Å². The molecule has 0 heterocycles. The molecule has 0 aliphatic rings. The van der Waals surface area contributed by atoms with E-state index in [2.05, 4.69) is 15.9 Å². The zero-order valence-corrected chi connectivity index (χ0v) is 14.1. The Morgan fingerprint density at radius 1 is 1.14 bits per heavy atom. The van der Waals surface area contributed by atoms with Crippen LogP contribution in [0.4, 0.5) is 0 Å². The first-order valence-electron chi connectivity index (χ1n) is 6.57. The zero-order chi connectivity index (χ0) is 15.2. The van der Waals surface area contributed by atoms with E-state index in [1.54, 1.807) is 7.11 Å². The second-order valence-corrected chi connectivity index (χ2v) is 5.87. The Hall–Kier alpha value is -1.23. The van der Waals surface area contributed by atoms with Gasteiger partial charge >= 0.3 is 0 Å². The highest BCUT2D eigenvalue weighted by Crippen LogP contribution is 2.30. The fourth-order valence-electron chi connectivity index (χ4n) is 1.95. The molecule has 0 atom stereocenters. The van der Waals surface area contributed by atoms with Gasteiger partial charge in [0.25, 0.3) is 0 Å². The molecule has 0 aliphatic heterocycles. The van der Waals surface area contributed by atoms with E-state index in [1.165, 1.54) is 0 Å². The maximum atomic E-state index is 6.18. The van der Waals surface area contributed by atoms with E-state index < -0.39 is 0 Å². The van der Waals surface area contributed by atoms with E-state index in [-0.39, 0.29) is 0 Å². The van der Waals surface area contributed by atoms with Gasteiger partial charge in [-0.2, -0.15) is 0 Å². The van der Waals surface area contributed by atoms with Crippen LogP contribution in [-0.4, -0.2) is 13.7 Å². The van der Waals surface area contributed by atoms with E-state index in [9.17, 15) is 0 Å². The third-order valence-corrected chi connectivity index (χ3v) is 3.90. The summed E-state index contributed by atoms with van der Waals surface area (Å²) >= 11 is 9.56. The third kappa shape index (κ3) is 4.37. The summed E-state index contributed by atoms with van der Waals surface area (Å²) in [5.41, 5.74) is 7.62. The molecule has 0 unspecified atom stereocenters. The molecule has 2 N–H and O–H groups in total. The fourth-order valence-corrected chi connectivity index (χ4v) is 2.68. The van der Waals surface area contributed by atoms with Gasteiger partial charge in [0.15, 0.2) is 11.5 Å². The number of methoxy groups -OCH3 is 1. The predicted octanol–water partition coefficient (Wildman–Crippen LogP) is 4.19. The van der Waals surface area contributed by atoms with E-state index in [4.69, 9.17) is 26.8 Å². The first-order chi connectivity index (χ1) is 10.1. The minimum atomic E-state index is 0.388. The predicted molar refractivity (Wildman–Crippen MR) is 89.2 cm³/mol. The van der Waals surface area contributed by atoms with Gasteiger partial charge in [-0.15, -0.1) is 0 Å². The molecule has 0 spiro atoms. The molecule has 0 aliphatic carbocycles. The van der Waals surface area contributed by atoms with Crippen LogP contribution < -0.4 is 15.2 Å². The third-order valence-electron chi connectivity index (χ3n) is 3.06. The summed E-state index contributed by atoms with van der Waals surface area (Å²) in [4.78, 5) is 0. The highest BCUT2D eigenvalue weighted by atomic mass is 79.9. The van der Waals surface area contributed by atoms with Crippen molar-refractivity contribution in [3.05, 3.63) is 57.0 Å². The van der Waals surface area contributed by atoms with Gasteiger partial charge in [-0.3, -0.25) is 0 Å². The molecule has 0 bridgehead atoms. The minimum absolute atomic E-state index is 0.388. The number of nitrogens with two attached hydrogens (primary N) is 1. The number of hydrogen-bond acceptors (Lipinski definition) is 3. The number of rotatable bonds is 6. The highest BCUT2D eigenvalue weighted by molar-refractivity contribution is 9.10. The van der Waals surface area contributed by atoms with Crippen LogP contribution in [0.2, 0.25) is 5.02 Å². The second kappa shape index (κ2) is 7.69. The Morgan fingerprint density at radius 3 is 2.62 bits per heavy atom. The zero-order valence-electron chi connectivity index (χ0n) is 11.7. The summed E-state index contributed by atoms with van der Waals surface area (Å²) in [5.74, 6) is 1.39. The van der Waals surface area contributed by atoms with Crippen LogP contribution in [0.1, 0.15) is 11.1 Å². The molecule has 2 aromatic rings. The van der Waals surface area contributed by atoms with Gasteiger partial charge in [0.05, 0.1) is 7.11 Å².